The van der Waals surface area contributed by atoms with E-state index in [4.69, 9.17) is 5.84 Å². The van der Waals surface area contributed by atoms with Gasteiger partial charge in [-0.2, -0.15) is 0 Å². The largest absolute Gasteiger partial charge is 0.271 e. The SMILES string of the molecule is CCc1cccc(C(NN)c2cc(Br)cs2)c1. The Balaban J connectivity index is 2.34. The fourth-order valence-corrected chi connectivity index (χ4v) is 3.35. The van der Waals surface area contributed by atoms with Crippen LogP contribution in [0, 0.1) is 0 Å². The maximum Gasteiger partial charge on any atom is 0.0803 e. The van der Waals surface area contributed by atoms with Gasteiger partial charge in [0.2, 0.25) is 0 Å². The third kappa shape index (κ3) is 2.96. The van der Waals surface area contributed by atoms with Crippen LogP contribution < -0.4 is 11.3 Å². The van der Waals surface area contributed by atoms with Gasteiger partial charge in [0.15, 0.2) is 0 Å². The number of thiophene rings is 1. The second kappa shape index (κ2) is 5.78. The Morgan fingerprint density at radius 1 is 1.41 bits per heavy atom. The van der Waals surface area contributed by atoms with Gasteiger partial charge in [-0.1, -0.05) is 31.2 Å². The summed E-state index contributed by atoms with van der Waals surface area (Å²) in [7, 11) is 0. The molecule has 17 heavy (non-hydrogen) atoms. The topological polar surface area (TPSA) is 38.0 Å². The average molecular weight is 311 g/mol. The van der Waals surface area contributed by atoms with Crippen LogP contribution in [0.3, 0.4) is 0 Å². The number of benzene rings is 1. The second-order valence-electron chi connectivity index (χ2n) is 3.87. The standard InChI is InChI=1S/C13H15BrN2S/c1-2-9-4-3-5-10(6-9)13(16-15)12-7-11(14)8-17-12/h3-8,13,16H,2,15H2,1H3. The molecule has 0 aliphatic carbocycles. The maximum absolute atomic E-state index is 5.68. The summed E-state index contributed by atoms with van der Waals surface area (Å²) in [6.45, 7) is 2.16. The monoisotopic (exact) mass is 310 g/mol. The van der Waals surface area contributed by atoms with Gasteiger partial charge >= 0.3 is 0 Å². The summed E-state index contributed by atoms with van der Waals surface area (Å²) in [5.41, 5.74) is 5.43. The molecule has 0 amide bonds. The normalized spacial score (nSPS) is 12.6. The van der Waals surface area contributed by atoms with Gasteiger partial charge in [0.25, 0.3) is 0 Å². The molecule has 2 rings (SSSR count). The molecule has 3 N–H and O–H groups in total. The van der Waals surface area contributed by atoms with E-state index in [1.54, 1.807) is 11.3 Å². The van der Waals surface area contributed by atoms with Gasteiger partial charge in [0, 0.05) is 14.7 Å². The number of nitrogens with one attached hydrogen (secondary N) is 1. The zero-order chi connectivity index (χ0) is 12.3. The number of aryl methyl sites for hydroxylation is 1. The number of hydrogen-bond donors (Lipinski definition) is 2. The first kappa shape index (κ1) is 12.8. The summed E-state index contributed by atoms with van der Waals surface area (Å²) in [5.74, 6) is 5.68. The Labute approximate surface area is 114 Å². The molecule has 1 unspecified atom stereocenters. The molecule has 0 fully saturated rings. The van der Waals surface area contributed by atoms with Crippen molar-refractivity contribution in [1.29, 1.82) is 0 Å². The molecule has 0 saturated heterocycles. The molecule has 0 radical (unpaired) electrons. The summed E-state index contributed by atoms with van der Waals surface area (Å²) < 4.78 is 1.10. The zero-order valence-corrected chi connectivity index (χ0v) is 12.0. The molecule has 1 heterocycles. The summed E-state index contributed by atoms with van der Waals surface area (Å²) in [6.07, 6.45) is 1.04. The summed E-state index contributed by atoms with van der Waals surface area (Å²) in [4.78, 5) is 1.22. The third-order valence-corrected chi connectivity index (χ3v) is 4.49. The molecule has 0 aliphatic heterocycles. The molecule has 0 aliphatic rings. The molecule has 90 valence electrons. The van der Waals surface area contributed by atoms with E-state index in [2.05, 4.69) is 64.0 Å². The lowest BCUT2D eigenvalue weighted by molar-refractivity contribution is 0.645. The van der Waals surface area contributed by atoms with Gasteiger partial charge in [0.05, 0.1) is 6.04 Å². The first-order chi connectivity index (χ1) is 8.24. The van der Waals surface area contributed by atoms with Gasteiger partial charge in [-0.15, -0.1) is 11.3 Å². The van der Waals surface area contributed by atoms with Gasteiger partial charge in [0.1, 0.15) is 0 Å². The van der Waals surface area contributed by atoms with Gasteiger partial charge in [-0.3, -0.25) is 5.84 Å². The summed E-state index contributed by atoms with van der Waals surface area (Å²) in [5, 5.41) is 2.07. The Morgan fingerprint density at radius 2 is 2.24 bits per heavy atom. The number of rotatable bonds is 4. The number of nitrogens with two attached hydrogens (primary N) is 1. The predicted molar refractivity (Wildman–Crippen MR) is 77.0 cm³/mol. The third-order valence-electron chi connectivity index (χ3n) is 2.73. The molecule has 0 saturated carbocycles. The molecular formula is C13H15BrN2S. The van der Waals surface area contributed by atoms with E-state index < -0.39 is 0 Å². The minimum Gasteiger partial charge on any atom is -0.271 e. The summed E-state index contributed by atoms with van der Waals surface area (Å²) in [6, 6.07) is 10.7. The molecule has 1 aromatic carbocycles. The van der Waals surface area contributed by atoms with Crippen LogP contribution in [0.25, 0.3) is 0 Å². The Hall–Kier alpha value is -0.680. The van der Waals surface area contributed by atoms with E-state index in [1.807, 2.05) is 0 Å². The second-order valence-corrected chi connectivity index (χ2v) is 5.72. The van der Waals surface area contributed by atoms with E-state index in [-0.39, 0.29) is 6.04 Å². The number of hydrazine groups is 1. The van der Waals surface area contributed by atoms with Crippen LogP contribution in [0.4, 0.5) is 0 Å². The van der Waals surface area contributed by atoms with Crippen molar-refractivity contribution in [1.82, 2.24) is 5.43 Å². The fraction of sp³-hybridized carbons (Fsp3) is 0.231. The summed E-state index contributed by atoms with van der Waals surface area (Å²) >= 11 is 5.17. The van der Waals surface area contributed by atoms with E-state index in [1.165, 1.54) is 16.0 Å². The lowest BCUT2D eigenvalue weighted by Gasteiger charge is -2.15. The van der Waals surface area contributed by atoms with Crippen LogP contribution in [0.2, 0.25) is 0 Å². The number of halogens is 1. The molecule has 0 bridgehead atoms. The molecule has 1 atom stereocenters. The van der Waals surface area contributed by atoms with E-state index in [9.17, 15) is 0 Å². The number of hydrogen-bond acceptors (Lipinski definition) is 3. The van der Waals surface area contributed by atoms with Crippen molar-refractivity contribution in [2.45, 2.75) is 19.4 Å². The van der Waals surface area contributed by atoms with Crippen molar-refractivity contribution < 1.29 is 0 Å². The highest BCUT2D eigenvalue weighted by Gasteiger charge is 2.14. The van der Waals surface area contributed by atoms with Gasteiger partial charge in [-0.05, 0) is 39.5 Å². The minimum absolute atomic E-state index is 0.0674. The van der Waals surface area contributed by atoms with E-state index >= 15 is 0 Å². The first-order valence-corrected chi connectivity index (χ1v) is 7.20. The lowest BCUT2D eigenvalue weighted by atomic mass is 10.0. The highest BCUT2D eigenvalue weighted by atomic mass is 79.9. The Bertz CT molecular complexity index is 496. The minimum atomic E-state index is 0.0674. The average Bonchev–Trinajstić information content (AvgIpc) is 2.77. The molecule has 2 nitrogen and oxygen atoms in total. The maximum atomic E-state index is 5.68. The molecule has 4 heteroatoms. The smallest absolute Gasteiger partial charge is 0.0803 e. The van der Waals surface area contributed by atoms with Crippen molar-refractivity contribution in [2.75, 3.05) is 0 Å². The van der Waals surface area contributed by atoms with E-state index in [0.717, 1.165) is 10.9 Å². The molecule has 0 spiro atoms. The van der Waals surface area contributed by atoms with Crippen LogP contribution in [0.1, 0.15) is 29.0 Å². The Kier molecular flexibility index (Phi) is 4.34. The molecule has 2 aromatic rings. The van der Waals surface area contributed by atoms with E-state index in [0.29, 0.717) is 0 Å². The van der Waals surface area contributed by atoms with Crippen molar-refractivity contribution >= 4 is 27.3 Å². The van der Waals surface area contributed by atoms with Crippen LogP contribution in [0.15, 0.2) is 40.2 Å². The quantitative estimate of drug-likeness (QED) is 0.668. The van der Waals surface area contributed by atoms with Crippen LogP contribution in [-0.4, -0.2) is 0 Å². The van der Waals surface area contributed by atoms with Crippen molar-refractivity contribution in [3.63, 3.8) is 0 Å². The highest BCUT2D eigenvalue weighted by Crippen LogP contribution is 2.29. The fourth-order valence-electron chi connectivity index (χ4n) is 1.81. The van der Waals surface area contributed by atoms with Crippen molar-refractivity contribution in [2.24, 2.45) is 5.84 Å². The lowest BCUT2D eigenvalue weighted by Crippen LogP contribution is -2.28. The zero-order valence-electron chi connectivity index (χ0n) is 9.61. The van der Waals surface area contributed by atoms with Crippen LogP contribution in [-0.2, 0) is 6.42 Å². The van der Waals surface area contributed by atoms with Gasteiger partial charge < -0.3 is 0 Å². The van der Waals surface area contributed by atoms with Crippen LogP contribution >= 0.6 is 27.3 Å². The molecule has 1 aromatic heterocycles. The Morgan fingerprint density at radius 3 is 2.82 bits per heavy atom. The molecular weight excluding hydrogens is 296 g/mol. The van der Waals surface area contributed by atoms with Crippen molar-refractivity contribution in [3.05, 3.63) is 56.2 Å². The highest BCUT2D eigenvalue weighted by molar-refractivity contribution is 9.10. The van der Waals surface area contributed by atoms with Crippen LogP contribution in [0.5, 0.6) is 0 Å². The van der Waals surface area contributed by atoms with Gasteiger partial charge in [-0.25, -0.2) is 5.43 Å². The first-order valence-electron chi connectivity index (χ1n) is 5.53. The van der Waals surface area contributed by atoms with Crippen molar-refractivity contribution in [3.8, 4) is 0 Å². The predicted octanol–water partition coefficient (Wildman–Crippen LogP) is 3.63.